The SMILES string of the molecule is CN(CC(=O)NCc1ccnnc1)c1cc(C(=O)O)cc2cc(Cl)cc(Cl)c12. The molecule has 1 amide bonds. The molecule has 0 aliphatic carbocycles. The molecule has 7 nitrogen and oxygen atoms in total. The van der Waals surface area contributed by atoms with E-state index in [1.54, 1.807) is 42.5 Å². The zero-order chi connectivity index (χ0) is 20.3. The molecule has 0 bridgehead atoms. The Balaban J connectivity index is 1.86. The standard InChI is InChI=1S/C19H16Cl2N4O3/c1-25(10-17(26)22-8-11-2-3-23-24-9-11)16-6-13(19(27)28)4-12-5-14(20)7-15(21)18(12)16/h2-7,9H,8,10H2,1H3,(H,22,26)(H,27,28). The van der Waals surface area contributed by atoms with E-state index in [2.05, 4.69) is 15.5 Å². The van der Waals surface area contributed by atoms with Gasteiger partial charge in [-0.05, 0) is 41.3 Å². The molecule has 0 radical (unpaired) electrons. The van der Waals surface area contributed by atoms with Crippen LogP contribution in [0.25, 0.3) is 10.8 Å². The van der Waals surface area contributed by atoms with Crippen molar-refractivity contribution in [3.05, 3.63) is 63.9 Å². The Morgan fingerprint density at radius 3 is 2.64 bits per heavy atom. The summed E-state index contributed by atoms with van der Waals surface area (Å²) in [6.07, 6.45) is 3.11. The third-order valence-electron chi connectivity index (χ3n) is 4.12. The number of fused-ring (bicyclic) bond motifs is 1. The summed E-state index contributed by atoms with van der Waals surface area (Å²) in [5.41, 5.74) is 1.43. The quantitative estimate of drug-likeness (QED) is 0.636. The van der Waals surface area contributed by atoms with Gasteiger partial charge in [-0.25, -0.2) is 4.79 Å². The number of nitrogens with one attached hydrogen (secondary N) is 1. The molecule has 1 heterocycles. The lowest BCUT2D eigenvalue weighted by molar-refractivity contribution is -0.119. The van der Waals surface area contributed by atoms with Crippen molar-refractivity contribution < 1.29 is 14.7 Å². The maximum absolute atomic E-state index is 12.3. The van der Waals surface area contributed by atoms with Crippen LogP contribution in [-0.2, 0) is 11.3 Å². The van der Waals surface area contributed by atoms with Gasteiger partial charge in [0.25, 0.3) is 0 Å². The van der Waals surface area contributed by atoms with Crippen LogP contribution in [0.4, 0.5) is 5.69 Å². The van der Waals surface area contributed by atoms with Crippen LogP contribution in [0.3, 0.4) is 0 Å². The molecule has 0 unspecified atom stereocenters. The van der Waals surface area contributed by atoms with Gasteiger partial charge in [-0.3, -0.25) is 4.79 Å². The Bertz CT molecular complexity index is 1040. The van der Waals surface area contributed by atoms with Crippen molar-refractivity contribution in [2.45, 2.75) is 6.54 Å². The number of carbonyl (C=O) groups excluding carboxylic acids is 1. The Labute approximate surface area is 170 Å². The van der Waals surface area contributed by atoms with Crippen molar-refractivity contribution in [1.29, 1.82) is 0 Å². The molecule has 28 heavy (non-hydrogen) atoms. The normalized spacial score (nSPS) is 10.7. The third kappa shape index (κ3) is 4.49. The van der Waals surface area contributed by atoms with Crippen molar-refractivity contribution in [2.24, 2.45) is 0 Å². The number of halogens is 2. The summed E-state index contributed by atoms with van der Waals surface area (Å²) < 4.78 is 0. The molecule has 2 N–H and O–H groups in total. The molecule has 0 fully saturated rings. The summed E-state index contributed by atoms with van der Waals surface area (Å²) in [7, 11) is 1.69. The molecule has 0 atom stereocenters. The van der Waals surface area contributed by atoms with Gasteiger partial charge in [0.05, 0.1) is 23.3 Å². The van der Waals surface area contributed by atoms with Crippen LogP contribution in [0.2, 0.25) is 10.0 Å². The fourth-order valence-electron chi connectivity index (χ4n) is 2.81. The van der Waals surface area contributed by atoms with Gasteiger partial charge in [-0.1, -0.05) is 23.2 Å². The van der Waals surface area contributed by atoms with E-state index in [1.807, 2.05) is 0 Å². The number of amides is 1. The molecular weight excluding hydrogens is 403 g/mol. The van der Waals surface area contributed by atoms with E-state index in [-0.39, 0.29) is 18.0 Å². The van der Waals surface area contributed by atoms with Crippen molar-refractivity contribution in [1.82, 2.24) is 15.5 Å². The van der Waals surface area contributed by atoms with Crippen LogP contribution in [0.5, 0.6) is 0 Å². The second-order valence-electron chi connectivity index (χ2n) is 6.17. The molecule has 0 saturated carbocycles. The number of carboxylic acids is 1. The monoisotopic (exact) mass is 418 g/mol. The summed E-state index contributed by atoms with van der Waals surface area (Å²) >= 11 is 12.4. The lowest BCUT2D eigenvalue weighted by Gasteiger charge is -2.22. The van der Waals surface area contributed by atoms with Crippen LogP contribution in [-0.4, -0.2) is 40.8 Å². The van der Waals surface area contributed by atoms with Crippen molar-refractivity contribution in [2.75, 3.05) is 18.5 Å². The number of aromatic nitrogens is 2. The van der Waals surface area contributed by atoms with Gasteiger partial charge >= 0.3 is 5.97 Å². The number of likely N-dealkylation sites (N-methyl/N-ethyl adjacent to an activating group) is 1. The lowest BCUT2D eigenvalue weighted by atomic mass is 10.0. The van der Waals surface area contributed by atoms with E-state index in [0.717, 1.165) is 5.56 Å². The van der Waals surface area contributed by atoms with Crippen LogP contribution in [0, 0.1) is 0 Å². The Kier molecular flexibility index (Phi) is 5.96. The highest BCUT2D eigenvalue weighted by Crippen LogP contribution is 2.36. The predicted octanol–water partition coefficient (Wildman–Crippen LogP) is 3.39. The smallest absolute Gasteiger partial charge is 0.335 e. The maximum Gasteiger partial charge on any atom is 0.335 e. The number of benzene rings is 2. The summed E-state index contributed by atoms with van der Waals surface area (Å²) in [6.45, 7) is 0.324. The minimum atomic E-state index is -1.08. The van der Waals surface area contributed by atoms with Crippen molar-refractivity contribution >= 4 is 51.5 Å². The van der Waals surface area contributed by atoms with E-state index in [1.165, 1.54) is 12.1 Å². The molecular formula is C19H16Cl2N4O3. The minimum absolute atomic E-state index is 0.00956. The number of carbonyl (C=O) groups is 2. The molecule has 3 aromatic rings. The van der Waals surface area contributed by atoms with Gasteiger partial charge in [0.15, 0.2) is 0 Å². The first-order valence-corrected chi connectivity index (χ1v) is 9.00. The topological polar surface area (TPSA) is 95.4 Å². The molecule has 0 aliphatic heterocycles. The van der Waals surface area contributed by atoms with E-state index < -0.39 is 5.97 Å². The summed E-state index contributed by atoms with van der Waals surface area (Å²) in [5.74, 6) is -1.32. The van der Waals surface area contributed by atoms with Crippen molar-refractivity contribution in [3.8, 4) is 0 Å². The average Bonchev–Trinajstić information content (AvgIpc) is 2.65. The minimum Gasteiger partial charge on any atom is -0.478 e. The largest absolute Gasteiger partial charge is 0.478 e. The molecule has 9 heteroatoms. The van der Waals surface area contributed by atoms with Gasteiger partial charge in [-0.2, -0.15) is 10.2 Å². The number of hydrogen-bond donors (Lipinski definition) is 2. The van der Waals surface area contributed by atoms with Gasteiger partial charge in [-0.15, -0.1) is 0 Å². The van der Waals surface area contributed by atoms with Gasteiger partial charge in [0.2, 0.25) is 5.91 Å². The molecule has 2 aromatic carbocycles. The zero-order valence-electron chi connectivity index (χ0n) is 14.8. The number of anilines is 1. The van der Waals surface area contributed by atoms with Gasteiger partial charge in [0, 0.05) is 35.9 Å². The van der Waals surface area contributed by atoms with E-state index in [4.69, 9.17) is 23.2 Å². The molecule has 144 valence electrons. The fourth-order valence-corrected chi connectivity index (χ4v) is 3.42. The highest BCUT2D eigenvalue weighted by molar-refractivity contribution is 6.39. The fraction of sp³-hybridized carbons (Fsp3) is 0.158. The zero-order valence-corrected chi connectivity index (χ0v) is 16.3. The number of nitrogens with zero attached hydrogens (tertiary/aromatic N) is 3. The third-order valence-corrected chi connectivity index (χ3v) is 4.64. The predicted molar refractivity (Wildman–Crippen MR) is 108 cm³/mol. The highest BCUT2D eigenvalue weighted by Gasteiger charge is 2.17. The first-order valence-electron chi connectivity index (χ1n) is 8.24. The summed E-state index contributed by atoms with van der Waals surface area (Å²) in [4.78, 5) is 25.5. The highest BCUT2D eigenvalue weighted by atomic mass is 35.5. The molecule has 1 aromatic heterocycles. The molecule has 0 spiro atoms. The van der Waals surface area contributed by atoms with Gasteiger partial charge in [0.1, 0.15) is 0 Å². The average molecular weight is 419 g/mol. The first kappa shape index (κ1) is 19.9. The maximum atomic E-state index is 12.3. The Morgan fingerprint density at radius 1 is 1.18 bits per heavy atom. The lowest BCUT2D eigenvalue weighted by Crippen LogP contribution is -2.35. The van der Waals surface area contributed by atoms with Crippen LogP contribution in [0.15, 0.2) is 42.7 Å². The van der Waals surface area contributed by atoms with Crippen LogP contribution >= 0.6 is 23.2 Å². The second-order valence-corrected chi connectivity index (χ2v) is 7.01. The number of carboxylic acid groups (broad SMARTS) is 1. The Hall–Kier alpha value is -2.90. The van der Waals surface area contributed by atoms with E-state index in [9.17, 15) is 14.7 Å². The molecule has 0 saturated heterocycles. The number of rotatable bonds is 6. The second kappa shape index (κ2) is 8.41. The first-order chi connectivity index (χ1) is 13.3. The van der Waals surface area contributed by atoms with E-state index >= 15 is 0 Å². The summed E-state index contributed by atoms with van der Waals surface area (Å²) in [6, 6.07) is 7.97. The van der Waals surface area contributed by atoms with Crippen LogP contribution in [0.1, 0.15) is 15.9 Å². The number of aromatic carboxylic acids is 1. The number of hydrogen-bond acceptors (Lipinski definition) is 5. The van der Waals surface area contributed by atoms with Gasteiger partial charge < -0.3 is 15.3 Å². The van der Waals surface area contributed by atoms with Crippen molar-refractivity contribution in [3.63, 3.8) is 0 Å². The van der Waals surface area contributed by atoms with Crippen LogP contribution < -0.4 is 10.2 Å². The van der Waals surface area contributed by atoms with E-state index in [0.29, 0.717) is 33.0 Å². The summed E-state index contributed by atoms with van der Waals surface area (Å²) in [5, 5.41) is 21.6. The Morgan fingerprint density at radius 2 is 1.96 bits per heavy atom. The molecule has 0 aliphatic rings. The molecule has 3 rings (SSSR count).